The highest BCUT2D eigenvalue weighted by Crippen LogP contribution is 2.34. The molecule has 4 nitrogen and oxygen atoms in total. The third-order valence-corrected chi connectivity index (χ3v) is 2.29. The topological polar surface area (TPSA) is 55.4 Å². The summed E-state index contributed by atoms with van der Waals surface area (Å²) in [7, 11) is 1.17. The van der Waals surface area contributed by atoms with Crippen molar-refractivity contribution < 1.29 is 27.5 Å². The fourth-order valence-electron chi connectivity index (χ4n) is 1.37. The number of hydrogen-bond acceptors (Lipinski definition) is 3. The normalized spacial score (nSPS) is 10.9. The number of benzene rings is 1. The quantitative estimate of drug-likeness (QED) is 0.859. The number of carbonyl (C=O) groups is 2. The highest BCUT2D eigenvalue weighted by Gasteiger charge is 2.33. The number of ether oxygens (including phenoxy) is 1. The predicted octanol–water partition coefficient (Wildman–Crippen LogP) is 2.60. The zero-order chi connectivity index (χ0) is 14.5. The molecule has 0 aromatic heterocycles. The van der Waals surface area contributed by atoms with Crippen molar-refractivity contribution >= 4 is 17.6 Å². The molecular weight excluding hydrogens is 263 g/mol. The molecule has 0 heterocycles. The van der Waals surface area contributed by atoms with Crippen molar-refractivity contribution in [3.63, 3.8) is 0 Å². The van der Waals surface area contributed by atoms with Gasteiger partial charge in [0.2, 0.25) is 5.91 Å². The van der Waals surface area contributed by atoms with Crippen LogP contribution in [0.5, 0.6) is 0 Å². The van der Waals surface area contributed by atoms with E-state index in [4.69, 9.17) is 0 Å². The van der Waals surface area contributed by atoms with E-state index in [-0.39, 0.29) is 18.5 Å². The van der Waals surface area contributed by atoms with E-state index >= 15 is 0 Å². The number of halogens is 3. The second-order valence-electron chi connectivity index (χ2n) is 3.67. The molecule has 0 aliphatic carbocycles. The van der Waals surface area contributed by atoms with Crippen molar-refractivity contribution in [2.75, 3.05) is 12.4 Å². The Bertz CT molecular complexity index is 472. The average Bonchev–Trinajstić information content (AvgIpc) is 2.35. The molecular formula is C12H12F3NO3. The number of para-hydroxylation sites is 1. The minimum atomic E-state index is -4.55. The van der Waals surface area contributed by atoms with Crippen LogP contribution in [0.2, 0.25) is 0 Å². The summed E-state index contributed by atoms with van der Waals surface area (Å²) in [5.41, 5.74) is -1.26. The summed E-state index contributed by atoms with van der Waals surface area (Å²) in [6, 6.07) is 4.63. The fourth-order valence-corrected chi connectivity index (χ4v) is 1.37. The number of amides is 1. The van der Waals surface area contributed by atoms with E-state index in [9.17, 15) is 22.8 Å². The third kappa shape index (κ3) is 4.61. The Morgan fingerprint density at radius 3 is 2.42 bits per heavy atom. The summed E-state index contributed by atoms with van der Waals surface area (Å²) < 4.78 is 42.3. The molecule has 0 aliphatic rings. The number of esters is 1. The van der Waals surface area contributed by atoms with Crippen LogP contribution in [0.3, 0.4) is 0 Å². The molecule has 0 unspecified atom stereocenters. The molecule has 0 atom stereocenters. The van der Waals surface area contributed by atoms with Crippen LogP contribution in [-0.4, -0.2) is 19.0 Å². The van der Waals surface area contributed by atoms with Crippen molar-refractivity contribution in [2.45, 2.75) is 19.0 Å². The second-order valence-corrected chi connectivity index (χ2v) is 3.67. The maximum absolute atomic E-state index is 12.6. The van der Waals surface area contributed by atoms with Gasteiger partial charge in [0.15, 0.2) is 0 Å². The van der Waals surface area contributed by atoms with Crippen molar-refractivity contribution in [2.24, 2.45) is 0 Å². The zero-order valence-corrected chi connectivity index (χ0v) is 10.1. The molecule has 0 radical (unpaired) electrons. The van der Waals surface area contributed by atoms with Gasteiger partial charge in [-0.05, 0) is 12.1 Å². The Morgan fingerprint density at radius 1 is 1.21 bits per heavy atom. The molecule has 19 heavy (non-hydrogen) atoms. The first-order valence-electron chi connectivity index (χ1n) is 5.37. The van der Waals surface area contributed by atoms with Crippen molar-refractivity contribution in [3.05, 3.63) is 29.8 Å². The van der Waals surface area contributed by atoms with Gasteiger partial charge >= 0.3 is 12.1 Å². The predicted molar refractivity (Wildman–Crippen MR) is 61.3 cm³/mol. The number of alkyl halides is 3. The molecule has 1 aromatic rings. The Labute approximate surface area is 107 Å². The summed E-state index contributed by atoms with van der Waals surface area (Å²) in [4.78, 5) is 22.2. The molecule has 0 aliphatic heterocycles. The maximum Gasteiger partial charge on any atom is 0.418 e. The van der Waals surface area contributed by atoms with E-state index in [0.717, 1.165) is 12.1 Å². The van der Waals surface area contributed by atoms with Crippen LogP contribution in [0.4, 0.5) is 18.9 Å². The van der Waals surface area contributed by atoms with Crippen LogP contribution in [-0.2, 0) is 20.5 Å². The van der Waals surface area contributed by atoms with E-state index in [0.29, 0.717) is 0 Å². The molecule has 0 fully saturated rings. The third-order valence-electron chi connectivity index (χ3n) is 2.29. The second kappa shape index (κ2) is 6.21. The summed E-state index contributed by atoms with van der Waals surface area (Å²) in [5.74, 6) is -1.28. The first kappa shape index (κ1) is 15.0. The first-order chi connectivity index (χ1) is 8.84. The standard InChI is InChI=1S/C12H12F3NO3/c1-19-11(18)7-6-10(17)16-9-5-3-2-4-8(9)12(13,14)15/h2-5H,6-7H2,1H3,(H,16,17). The van der Waals surface area contributed by atoms with Crippen LogP contribution < -0.4 is 5.32 Å². The highest BCUT2D eigenvalue weighted by atomic mass is 19.4. The van der Waals surface area contributed by atoms with Gasteiger partial charge in [0, 0.05) is 6.42 Å². The minimum Gasteiger partial charge on any atom is -0.469 e. The smallest absolute Gasteiger partial charge is 0.418 e. The summed E-state index contributed by atoms with van der Waals surface area (Å²) in [6.07, 6.45) is -4.97. The Morgan fingerprint density at radius 2 is 1.84 bits per heavy atom. The van der Waals surface area contributed by atoms with Crippen molar-refractivity contribution in [1.29, 1.82) is 0 Å². The van der Waals surface area contributed by atoms with E-state index in [2.05, 4.69) is 10.1 Å². The molecule has 1 N–H and O–H groups in total. The highest BCUT2D eigenvalue weighted by molar-refractivity contribution is 5.93. The number of methoxy groups -OCH3 is 1. The molecule has 0 bridgehead atoms. The number of hydrogen-bond donors (Lipinski definition) is 1. The van der Waals surface area contributed by atoms with Gasteiger partial charge in [0.25, 0.3) is 0 Å². The summed E-state index contributed by atoms with van der Waals surface area (Å²) in [5, 5.41) is 2.13. The van der Waals surface area contributed by atoms with Gasteiger partial charge in [-0.3, -0.25) is 9.59 Å². The summed E-state index contributed by atoms with van der Waals surface area (Å²) in [6.45, 7) is 0. The lowest BCUT2D eigenvalue weighted by Crippen LogP contribution is -2.17. The van der Waals surface area contributed by atoms with Crippen LogP contribution in [0, 0.1) is 0 Å². The fraction of sp³-hybridized carbons (Fsp3) is 0.333. The monoisotopic (exact) mass is 275 g/mol. The van der Waals surface area contributed by atoms with Gasteiger partial charge in [-0.1, -0.05) is 12.1 Å². The molecule has 1 aromatic carbocycles. The SMILES string of the molecule is COC(=O)CCC(=O)Nc1ccccc1C(F)(F)F. The largest absolute Gasteiger partial charge is 0.469 e. The van der Waals surface area contributed by atoms with Crippen LogP contribution >= 0.6 is 0 Å². The van der Waals surface area contributed by atoms with Gasteiger partial charge in [0.05, 0.1) is 24.8 Å². The molecule has 7 heteroatoms. The molecule has 1 rings (SSSR count). The van der Waals surface area contributed by atoms with Gasteiger partial charge in [-0.2, -0.15) is 13.2 Å². The van der Waals surface area contributed by atoms with Crippen LogP contribution in [0.15, 0.2) is 24.3 Å². The number of carbonyl (C=O) groups excluding carboxylic acids is 2. The molecule has 0 saturated heterocycles. The van der Waals surface area contributed by atoms with Crippen molar-refractivity contribution in [3.8, 4) is 0 Å². The average molecular weight is 275 g/mol. The molecule has 0 saturated carbocycles. The maximum atomic E-state index is 12.6. The molecule has 0 spiro atoms. The summed E-state index contributed by atoms with van der Waals surface area (Å²) >= 11 is 0. The van der Waals surface area contributed by atoms with Crippen LogP contribution in [0.25, 0.3) is 0 Å². The lowest BCUT2D eigenvalue weighted by atomic mass is 10.1. The van der Waals surface area contributed by atoms with E-state index in [1.54, 1.807) is 0 Å². The van der Waals surface area contributed by atoms with Crippen molar-refractivity contribution in [1.82, 2.24) is 0 Å². The number of anilines is 1. The number of rotatable bonds is 4. The Balaban J connectivity index is 2.72. The lowest BCUT2D eigenvalue weighted by Gasteiger charge is -2.13. The van der Waals surface area contributed by atoms with Crippen LogP contribution in [0.1, 0.15) is 18.4 Å². The molecule has 104 valence electrons. The Kier molecular flexibility index (Phi) is 4.91. The Hall–Kier alpha value is -2.05. The van der Waals surface area contributed by atoms with Gasteiger partial charge in [-0.25, -0.2) is 0 Å². The van der Waals surface area contributed by atoms with E-state index < -0.39 is 23.6 Å². The van der Waals surface area contributed by atoms with E-state index in [1.165, 1.54) is 19.2 Å². The van der Waals surface area contributed by atoms with Gasteiger partial charge in [-0.15, -0.1) is 0 Å². The van der Waals surface area contributed by atoms with E-state index in [1.807, 2.05) is 0 Å². The zero-order valence-electron chi connectivity index (χ0n) is 10.1. The molecule has 1 amide bonds. The van der Waals surface area contributed by atoms with Gasteiger partial charge in [0.1, 0.15) is 0 Å². The first-order valence-corrected chi connectivity index (χ1v) is 5.37. The van der Waals surface area contributed by atoms with Gasteiger partial charge < -0.3 is 10.1 Å². The minimum absolute atomic E-state index is 0.184. The lowest BCUT2D eigenvalue weighted by molar-refractivity contribution is -0.142. The number of nitrogens with one attached hydrogen (secondary N) is 1.